The SMILES string of the molecule is COc1ccccc1NCC1=CC(C)(C)Nc2ccc(-c3ccc(OC(=O)c4ccccc4SC)cc3OC)cc21. The van der Waals surface area contributed by atoms with Crippen LogP contribution in [0.25, 0.3) is 16.7 Å². The third-order valence-corrected chi connectivity index (χ3v) is 7.75. The molecule has 0 saturated heterocycles. The fraction of sp³-hybridized carbons (Fsp3) is 0.206. The van der Waals surface area contributed by atoms with Gasteiger partial charge in [0.1, 0.15) is 17.2 Å². The van der Waals surface area contributed by atoms with Crippen molar-refractivity contribution >= 4 is 34.7 Å². The van der Waals surface area contributed by atoms with Gasteiger partial charge in [-0.15, -0.1) is 11.8 Å². The first-order chi connectivity index (χ1) is 19.8. The Morgan fingerprint density at radius 1 is 0.878 bits per heavy atom. The Kier molecular flexibility index (Phi) is 8.26. The highest BCUT2D eigenvalue weighted by Crippen LogP contribution is 2.40. The summed E-state index contributed by atoms with van der Waals surface area (Å²) in [6.07, 6.45) is 4.20. The summed E-state index contributed by atoms with van der Waals surface area (Å²) in [5.41, 5.74) is 6.52. The molecule has 210 valence electrons. The predicted octanol–water partition coefficient (Wildman–Crippen LogP) is 8.01. The maximum absolute atomic E-state index is 12.9. The van der Waals surface area contributed by atoms with Crippen molar-refractivity contribution in [2.24, 2.45) is 0 Å². The van der Waals surface area contributed by atoms with Crippen molar-refractivity contribution in [1.29, 1.82) is 0 Å². The molecule has 0 radical (unpaired) electrons. The largest absolute Gasteiger partial charge is 0.496 e. The fourth-order valence-electron chi connectivity index (χ4n) is 5.06. The molecule has 0 aliphatic carbocycles. The number of methoxy groups -OCH3 is 2. The maximum Gasteiger partial charge on any atom is 0.344 e. The molecular weight excluding hydrogens is 532 g/mol. The first kappa shape index (κ1) is 28.2. The Balaban J connectivity index is 1.43. The molecular formula is C34H34N2O4S. The summed E-state index contributed by atoms with van der Waals surface area (Å²) in [6.45, 7) is 4.95. The second-order valence-corrected chi connectivity index (χ2v) is 11.1. The molecule has 7 heteroatoms. The van der Waals surface area contributed by atoms with Gasteiger partial charge in [0, 0.05) is 34.3 Å². The van der Waals surface area contributed by atoms with E-state index in [0.717, 1.165) is 38.7 Å². The van der Waals surface area contributed by atoms with Crippen molar-refractivity contribution in [1.82, 2.24) is 0 Å². The number of fused-ring (bicyclic) bond motifs is 1. The molecule has 0 amide bonds. The smallest absolute Gasteiger partial charge is 0.344 e. The normalized spacial score (nSPS) is 13.3. The Labute approximate surface area is 245 Å². The number of carbonyl (C=O) groups is 1. The topological polar surface area (TPSA) is 68.8 Å². The van der Waals surface area contributed by atoms with E-state index in [2.05, 4.69) is 48.8 Å². The van der Waals surface area contributed by atoms with Crippen LogP contribution in [-0.4, -0.2) is 38.5 Å². The van der Waals surface area contributed by atoms with Crippen molar-refractivity contribution in [2.75, 3.05) is 37.7 Å². The van der Waals surface area contributed by atoms with Crippen LogP contribution in [0.2, 0.25) is 0 Å². The molecule has 4 aromatic carbocycles. The summed E-state index contributed by atoms with van der Waals surface area (Å²) in [6, 6.07) is 27.2. The number of benzene rings is 4. The van der Waals surface area contributed by atoms with E-state index in [1.807, 2.05) is 54.8 Å². The Hall–Kier alpha value is -4.36. The van der Waals surface area contributed by atoms with Gasteiger partial charge in [-0.25, -0.2) is 4.79 Å². The Morgan fingerprint density at radius 3 is 2.41 bits per heavy atom. The first-order valence-corrected chi connectivity index (χ1v) is 14.6. The first-order valence-electron chi connectivity index (χ1n) is 13.4. The lowest BCUT2D eigenvalue weighted by molar-refractivity contribution is 0.0731. The third kappa shape index (κ3) is 6.20. The minimum atomic E-state index is -0.399. The zero-order valence-corrected chi connectivity index (χ0v) is 24.7. The summed E-state index contributed by atoms with van der Waals surface area (Å²) in [5, 5.41) is 7.18. The van der Waals surface area contributed by atoms with E-state index < -0.39 is 5.97 Å². The van der Waals surface area contributed by atoms with Crippen molar-refractivity contribution in [3.05, 3.63) is 102 Å². The average Bonchev–Trinajstić information content (AvgIpc) is 2.99. The van der Waals surface area contributed by atoms with E-state index in [4.69, 9.17) is 14.2 Å². The van der Waals surface area contributed by atoms with Crippen LogP contribution in [0.4, 0.5) is 11.4 Å². The third-order valence-electron chi connectivity index (χ3n) is 6.96. The number of nitrogens with one attached hydrogen (secondary N) is 2. The van der Waals surface area contributed by atoms with E-state index in [1.165, 1.54) is 17.3 Å². The molecule has 0 atom stereocenters. The molecule has 0 spiro atoms. The highest BCUT2D eigenvalue weighted by atomic mass is 32.2. The van der Waals surface area contributed by atoms with Crippen LogP contribution < -0.4 is 24.8 Å². The molecule has 0 unspecified atom stereocenters. The molecule has 5 rings (SSSR count). The number of hydrogen-bond acceptors (Lipinski definition) is 7. The summed E-state index contributed by atoms with van der Waals surface area (Å²) >= 11 is 1.51. The number of hydrogen-bond donors (Lipinski definition) is 2. The van der Waals surface area contributed by atoms with Gasteiger partial charge in [-0.3, -0.25) is 0 Å². The number of esters is 1. The van der Waals surface area contributed by atoms with Crippen LogP contribution in [-0.2, 0) is 0 Å². The van der Waals surface area contributed by atoms with Gasteiger partial charge < -0.3 is 24.8 Å². The van der Waals surface area contributed by atoms with Crippen LogP contribution in [0.5, 0.6) is 17.2 Å². The van der Waals surface area contributed by atoms with E-state index >= 15 is 0 Å². The van der Waals surface area contributed by atoms with E-state index in [0.29, 0.717) is 23.6 Å². The molecule has 4 aromatic rings. The van der Waals surface area contributed by atoms with Gasteiger partial charge in [-0.2, -0.15) is 0 Å². The number of rotatable bonds is 9. The molecule has 6 nitrogen and oxygen atoms in total. The minimum absolute atomic E-state index is 0.204. The molecule has 1 aliphatic heterocycles. The van der Waals surface area contributed by atoms with Gasteiger partial charge in [0.2, 0.25) is 0 Å². The van der Waals surface area contributed by atoms with Gasteiger partial charge >= 0.3 is 5.97 Å². The van der Waals surface area contributed by atoms with E-state index in [-0.39, 0.29) is 5.54 Å². The van der Waals surface area contributed by atoms with Crippen LogP contribution >= 0.6 is 11.8 Å². The number of anilines is 2. The molecule has 1 aliphatic rings. The zero-order chi connectivity index (χ0) is 29.0. The molecule has 0 fully saturated rings. The van der Waals surface area contributed by atoms with Crippen molar-refractivity contribution < 1.29 is 19.0 Å². The highest BCUT2D eigenvalue weighted by molar-refractivity contribution is 7.98. The van der Waals surface area contributed by atoms with Crippen molar-refractivity contribution in [3.63, 3.8) is 0 Å². The Morgan fingerprint density at radius 2 is 1.63 bits per heavy atom. The molecule has 41 heavy (non-hydrogen) atoms. The molecule has 0 bridgehead atoms. The number of thioether (sulfide) groups is 1. The lowest BCUT2D eigenvalue weighted by atomic mass is 9.88. The second kappa shape index (κ2) is 12.0. The number of ether oxygens (including phenoxy) is 3. The molecule has 0 aromatic heterocycles. The monoisotopic (exact) mass is 566 g/mol. The van der Waals surface area contributed by atoms with Crippen LogP contribution in [0, 0.1) is 0 Å². The summed E-state index contributed by atoms with van der Waals surface area (Å²) < 4.78 is 17.0. The van der Waals surface area contributed by atoms with Crippen LogP contribution in [0.3, 0.4) is 0 Å². The lowest BCUT2D eigenvalue weighted by Crippen LogP contribution is -2.32. The summed E-state index contributed by atoms with van der Waals surface area (Å²) in [7, 11) is 3.30. The van der Waals surface area contributed by atoms with Crippen molar-refractivity contribution in [2.45, 2.75) is 24.3 Å². The van der Waals surface area contributed by atoms with Gasteiger partial charge in [0.25, 0.3) is 0 Å². The van der Waals surface area contributed by atoms with Crippen molar-refractivity contribution in [3.8, 4) is 28.4 Å². The maximum atomic E-state index is 12.9. The van der Waals surface area contributed by atoms with Crippen LogP contribution in [0.15, 0.2) is 95.9 Å². The number of para-hydroxylation sites is 2. The Bertz CT molecular complexity index is 1610. The lowest BCUT2D eigenvalue weighted by Gasteiger charge is -2.33. The predicted molar refractivity (Wildman–Crippen MR) is 169 cm³/mol. The highest BCUT2D eigenvalue weighted by Gasteiger charge is 2.25. The quantitative estimate of drug-likeness (QED) is 0.121. The fourth-order valence-corrected chi connectivity index (χ4v) is 5.65. The van der Waals surface area contributed by atoms with Crippen LogP contribution in [0.1, 0.15) is 29.8 Å². The summed E-state index contributed by atoms with van der Waals surface area (Å²) in [5.74, 6) is 1.45. The number of carbonyl (C=O) groups excluding carboxylic acids is 1. The standard InChI is InChI=1S/C34H34N2O4S/c1-34(2)20-23(21-35-29-11-7-8-12-30(29)38-3)27-18-22(14-17-28(27)36-34)25-16-15-24(19-31(25)39-4)40-33(37)26-10-6-9-13-32(26)41-5/h6-20,35-36H,21H2,1-5H3. The van der Waals surface area contributed by atoms with Gasteiger partial charge in [-0.05, 0) is 79.8 Å². The van der Waals surface area contributed by atoms with Gasteiger partial charge in [-0.1, -0.05) is 36.4 Å². The second-order valence-electron chi connectivity index (χ2n) is 10.3. The molecule has 0 saturated carbocycles. The van der Waals surface area contributed by atoms with E-state index in [9.17, 15) is 4.79 Å². The minimum Gasteiger partial charge on any atom is -0.496 e. The molecule has 1 heterocycles. The van der Waals surface area contributed by atoms with E-state index in [1.54, 1.807) is 32.4 Å². The summed E-state index contributed by atoms with van der Waals surface area (Å²) in [4.78, 5) is 13.8. The average molecular weight is 567 g/mol. The van der Waals surface area contributed by atoms with Gasteiger partial charge in [0.15, 0.2) is 0 Å². The zero-order valence-electron chi connectivity index (χ0n) is 23.9. The van der Waals surface area contributed by atoms with Gasteiger partial charge in [0.05, 0.1) is 31.0 Å². The molecule has 2 N–H and O–H groups in total.